The standard InChI is InChI=1S/C4H6O6.Be.2H/c5-1(3(7)8)2(6)4(9)10;;;/h1-2,5-6H,(H,7,8)(H,9,10);;;. The zero-order valence-corrected chi connectivity index (χ0v) is 4.76. The van der Waals surface area contributed by atoms with Crippen LogP contribution in [0.1, 0.15) is 0 Å². The molecule has 4 N–H and O–H groups in total. The third kappa shape index (κ3) is 3.67. The molecule has 0 aliphatic carbocycles. The molecule has 0 aromatic heterocycles. The Bertz CT molecular complexity index is 139. The number of carbonyl (C=O) groups is 2. The summed E-state index contributed by atoms with van der Waals surface area (Å²) in [7, 11) is 0. The average molecular weight is 161 g/mol. The summed E-state index contributed by atoms with van der Waals surface area (Å²) in [5.74, 6) is -3.54. The van der Waals surface area contributed by atoms with E-state index in [4.69, 9.17) is 20.4 Å². The number of aliphatic hydroxyl groups is 2. The molecule has 0 saturated carbocycles. The fourth-order valence-electron chi connectivity index (χ4n) is 0.270. The van der Waals surface area contributed by atoms with E-state index < -0.39 is 24.1 Å². The molecule has 6 nitrogen and oxygen atoms in total. The Kier molecular flexibility index (Phi) is 5.52. The molecule has 0 saturated heterocycles. The van der Waals surface area contributed by atoms with E-state index in [9.17, 15) is 9.59 Å². The molecule has 0 aromatic carbocycles. The Labute approximate surface area is 65.3 Å². The van der Waals surface area contributed by atoms with E-state index in [2.05, 4.69) is 0 Å². The number of hydrogen-bond donors (Lipinski definition) is 4. The first kappa shape index (κ1) is 12.7. The average Bonchev–Trinajstić information content (AvgIpc) is 1.84. The van der Waals surface area contributed by atoms with Gasteiger partial charge < -0.3 is 20.4 Å². The molecule has 0 aliphatic heterocycles. The van der Waals surface area contributed by atoms with E-state index >= 15 is 0 Å². The van der Waals surface area contributed by atoms with Crippen molar-refractivity contribution in [1.82, 2.24) is 0 Å². The second-order valence-electron chi connectivity index (χ2n) is 1.57. The van der Waals surface area contributed by atoms with Crippen molar-refractivity contribution in [1.29, 1.82) is 0 Å². The molecule has 0 heterocycles. The molecule has 0 amide bonds. The molecule has 0 fully saturated rings. The summed E-state index contributed by atoms with van der Waals surface area (Å²) in [5.41, 5.74) is 0. The Morgan fingerprint density at radius 2 is 1.09 bits per heavy atom. The second kappa shape index (κ2) is 4.78. The van der Waals surface area contributed by atoms with E-state index in [-0.39, 0.29) is 10.1 Å². The molecule has 0 aromatic rings. The Hall–Kier alpha value is -0.971. The quantitative estimate of drug-likeness (QED) is 0.327. The molecule has 0 radical (unpaired) electrons. The van der Waals surface area contributed by atoms with Crippen molar-refractivity contribution in [2.75, 3.05) is 0 Å². The van der Waals surface area contributed by atoms with Crippen LogP contribution in [0.2, 0.25) is 0 Å². The topological polar surface area (TPSA) is 115 Å². The summed E-state index contributed by atoms with van der Waals surface area (Å²) >= 11 is 0. The van der Waals surface area contributed by atoms with Crippen molar-refractivity contribution in [2.45, 2.75) is 12.2 Å². The second-order valence-corrected chi connectivity index (χ2v) is 1.57. The van der Waals surface area contributed by atoms with Crippen molar-refractivity contribution in [3.63, 3.8) is 0 Å². The van der Waals surface area contributed by atoms with E-state index in [0.717, 1.165) is 0 Å². The molecule has 0 rings (SSSR count). The van der Waals surface area contributed by atoms with E-state index in [0.29, 0.717) is 0 Å². The summed E-state index contributed by atoms with van der Waals surface area (Å²) in [5, 5.41) is 32.5. The van der Waals surface area contributed by atoms with Gasteiger partial charge >= 0.3 is 22.1 Å². The summed E-state index contributed by atoms with van der Waals surface area (Å²) < 4.78 is 0. The fourth-order valence-corrected chi connectivity index (χ4v) is 0.270. The Balaban J connectivity index is 0. The van der Waals surface area contributed by atoms with Gasteiger partial charge in [0.25, 0.3) is 0 Å². The summed E-state index contributed by atoms with van der Waals surface area (Å²) in [4.78, 5) is 19.5. The summed E-state index contributed by atoms with van der Waals surface area (Å²) in [6.07, 6.45) is -4.53. The fraction of sp³-hybridized carbons (Fsp3) is 0.500. The molecule has 7 heteroatoms. The molecule has 2 unspecified atom stereocenters. The number of hydrogen-bond acceptors (Lipinski definition) is 4. The van der Waals surface area contributed by atoms with Crippen molar-refractivity contribution < 1.29 is 30.0 Å². The van der Waals surface area contributed by atoms with Crippen molar-refractivity contribution in [2.24, 2.45) is 0 Å². The Morgan fingerprint density at radius 3 is 1.18 bits per heavy atom. The number of aliphatic carboxylic acids is 2. The van der Waals surface area contributed by atoms with Crippen molar-refractivity contribution >= 4 is 22.1 Å². The summed E-state index contributed by atoms with van der Waals surface area (Å²) in [6.45, 7) is 0. The first-order chi connectivity index (χ1) is 4.46. The van der Waals surface area contributed by atoms with Crippen LogP contribution >= 0.6 is 0 Å². The van der Waals surface area contributed by atoms with Crippen LogP contribution in [-0.2, 0) is 9.59 Å². The maximum absolute atomic E-state index is 9.77. The van der Waals surface area contributed by atoms with Gasteiger partial charge in [-0.1, -0.05) is 0 Å². The van der Waals surface area contributed by atoms with Gasteiger partial charge in [0.1, 0.15) is 0 Å². The van der Waals surface area contributed by atoms with Crippen LogP contribution < -0.4 is 0 Å². The normalized spacial score (nSPS) is 14.4. The van der Waals surface area contributed by atoms with Crippen LogP contribution in [0.3, 0.4) is 0 Å². The predicted molar refractivity (Wildman–Crippen MR) is 35.8 cm³/mol. The van der Waals surface area contributed by atoms with Gasteiger partial charge in [-0.3, -0.25) is 0 Å². The van der Waals surface area contributed by atoms with E-state index in [1.165, 1.54) is 0 Å². The van der Waals surface area contributed by atoms with E-state index in [1.54, 1.807) is 0 Å². The van der Waals surface area contributed by atoms with Crippen LogP contribution in [0.4, 0.5) is 0 Å². The van der Waals surface area contributed by atoms with Crippen LogP contribution in [0.5, 0.6) is 0 Å². The maximum atomic E-state index is 9.77. The first-order valence-corrected chi connectivity index (χ1v) is 2.28. The van der Waals surface area contributed by atoms with Crippen molar-refractivity contribution in [3.8, 4) is 0 Å². The van der Waals surface area contributed by atoms with Crippen molar-refractivity contribution in [3.05, 3.63) is 0 Å². The van der Waals surface area contributed by atoms with Gasteiger partial charge in [-0.15, -0.1) is 0 Å². The third-order valence-corrected chi connectivity index (χ3v) is 0.805. The summed E-state index contributed by atoms with van der Waals surface area (Å²) in [6, 6.07) is 0. The minimum atomic E-state index is -2.27. The molecule has 0 aliphatic rings. The number of carboxylic acid groups (broad SMARTS) is 2. The van der Waals surface area contributed by atoms with Crippen LogP contribution in [0.15, 0.2) is 0 Å². The van der Waals surface area contributed by atoms with Gasteiger partial charge in [-0.2, -0.15) is 0 Å². The van der Waals surface area contributed by atoms with Crippen LogP contribution in [-0.4, -0.2) is 54.7 Å². The molecule has 0 bridgehead atoms. The molecule has 62 valence electrons. The van der Waals surface area contributed by atoms with Gasteiger partial charge in [0, 0.05) is 0 Å². The monoisotopic (exact) mass is 161 g/mol. The number of rotatable bonds is 3. The SMILES string of the molecule is O=C(O)C(O)C(O)C(=O)O.[BeH2]. The van der Waals surface area contributed by atoms with Crippen LogP contribution in [0.25, 0.3) is 0 Å². The van der Waals surface area contributed by atoms with Gasteiger partial charge in [-0.05, 0) is 0 Å². The van der Waals surface area contributed by atoms with Gasteiger partial charge in [0.15, 0.2) is 12.2 Å². The molecule has 11 heavy (non-hydrogen) atoms. The van der Waals surface area contributed by atoms with E-state index in [1.807, 2.05) is 0 Å². The molecular formula is C4H8BeO6. The predicted octanol–water partition coefficient (Wildman–Crippen LogP) is -3.04. The third-order valence-electron chi connectivity index (χ3n) is 0.805. The molecule has 2 atom stereocenters. The Morgan fingerprint density at radius 1 is 0.909 bits per heavy atom. The zero-order chi connectivity index (χ0) is 8.31. The first-order valence-electron chi connectivity index (χ1n) is 2.28. The van der Waals surface area contributed by atoms with Gasteiger partial charge in [0.2, 0.25) is 0 Å². The van der Waals surface area contributed by atoms with Gasteiger partial charge in [-0.25, -0.2) is 9.59 Å². The van der Waals surface area contributed by atoms with Crippen LogP contribution in [0, 0.1) is 0 Å². The van der Waals surface area contributed by atoms with Gasteiger partial charge in [0.05, 0.1) is 0 Å². The number of aliphatic hydroxyl groups excluding tert-OH is 2. The minimum absolute atomic E-state index is 0. The number of carboxylic acids is 2. The molecular weight excluding hydrogens is 153 g/mol. The molecule has 0 spiro atoms. The zero-order valence-electron chi connectivity index (χ0n) is 4.76.